The van der Waals surface area contributed by atoms with Crippen LogP contribution in [0, 0.1) is 6.92 Å². The Morgan fingerprint density at radius 2 is 1.85 bits per heavy atom. The van der Waals surface area contributed by atoms with Gasteiger partial charge < -0.3 is 19.7 Å². The van der Waals surface area contributed by atoms with Crippen LogP contribution in [0.15, 0.2) is 42.5 Å². The van der Waals surface area contributed by atoms with Crippen LogP contribution in [-0.2, 0) is 17.9 Å². The predicted molar refractivity (Wildman–Crippen MR) is 108 cm³/mol. The van der Waals surface area contributed by atoms with Crippen molar-refractivity contribution in [2.45, 2.75) is 40.0 Å². The number of rotatable bonds is 9. The lowest BCUT2D eigenvalue weighted by Gasteiger charge is -2.20. The number of nitrogens with zero attached hydrogens (tertiary/aromatic N) is 1. The van der Waals surface area contributed by atoms with Gasteiger partial charge in [0.2, 0.25) is 0 Å². The summed E-state index contributed by atoms with van der Waals surface area (Å²) in [7, 11) is 3.43. The third-order valence-corrected chi connectivity index (χ3v) is 4.31. The number of aryl methyl sites for hydroxylation is 1. The second kappa shape index (κ2) is 9.97. The Morgan fingerprint density at radius 1 is 1.11 bits per heavy atom. The molecule has 0 fully saturated rings. The maximum absolute atomic E-state index is 12.0. The van der Waals surface area contributed by atoms with Crippen molar-refractivity contribution < 1.29 is 14.3 Å². The third-order valence-electron chi connectivity index (χ3n) is 4.31. The zero-order valence-electron chi connectivity index (χ0n) is 16.9. The fourth-order valence-electron chi connectivity index (χ4n) is 2.78. The molecular formula is C22H30N2O3. The van der Waals surface area contributed by atoms with Crippen molar-refractivity contribution in [1.29, 1.82) is 0 Å². The van der Waals surface area contributed by atoms with E-state index in [2.05, 4.69) is 30.4 Å². The van der Waals surface area contributed by atoms with Gasteiger partial charge >= 0.3 is 0 Å². The Kier molecular flexibility index (Phi) is 7.67. The molecule has 146 valence electrons. The molecule has 0 aliphatic carbocycles. The maximum atomic E-state index is 12.0. The van der Waals surface area contributed by atoms with Crippen molar-refractivity contribution in [2.24, 2.45) is 0 Å². The molecule has 2 rings (SSSR count). The van der Waals surface area contributed by atoms with Crippen LogP contribution in [0.1, 0.15) is 30.5 Å². The highest BCUT2D eigenvalue weighted by Crippen LogP contribution is 2.29. The minimum atomic E-state index is -0.566. The number of hydrogen-bond acceptors (Lipinski definition) is 4. The summed E-state index contributed by atoms with van der Waals surface area (Å²) in [6.45, 7) is 7.86. The van der Waals surface area contributed by atoms with E-state index in [4.69, 9.17) is 9.47 Å². The Hall–Kier alpha value is -2.53. The Morgan fingerprint density at radius 3 is 2.52 bits per heavy atom. The number of benzene rings is 2. The van der Waals surface area contributed by atoms with E-state index in [1.807, 2.05) is 31.2 Å². The monoisotopic (exact) mass is 370 g/mol. The summed E-state index contributed by atoms with van der Waals surface area (Å²) in [6.07, 6.45) is -0.566. The van der Waals surface area contributed by atoms with Gasteiger partial charge in [0.1, 0.15) is 0 Å². The number of ether oxygens (including phenoxy) is 2. The Bertz CT molecular complexity index is 759. The van der Waals surface area contributed by atoms with Crippen molar-refractivity contribution in [3.63, 3.8) is 0 Å². The number of hydrogen-bond donors (Lipinski definition) is 1. The van der Waals surface area contributed by atoms with Crippen molar-refractivity contribution >= 4 is 5.91 Å². The molecule has 1 N–H and O–H groups in total. The van der Waals surface area contributed by atoms with E-state index in [0.29, 0.717) is 18.1 Å². The van der Waals surface area contributed by atoms with E-state index >= 15 is 0 Å². The van der Waals surface area contributed by atoms with Crippen molar-refractivity contribution in [2.75, 3.05) is 20.7 Å². The fraction of sp³-hybridized carbons (Fsp3) is 0.409. The van der Waals surface area contributed by atoms with Crippen LogP contribution in [0.5, 0.6) is 11.5 Å². The van der Waals surface area contributed by atoms with Gasteiger partial charge in [-0.3, -0.25) is 4.79 Å². The maximum Gasteiger partial charge on any atom is 0.262 e. The normalized spacial score (nSPS) is 11.7. The number of nitrogens with one attached hydrogen (secondary N) is 1. The second-order valence-corrected chi connectivity index (χ2v) is 6.74. The highest BCUT2D eigenvalue weighted by atomic mass is 16.5. The summed E-state index contributed by atoms with van der Waals surface area (Å²) in [4.78, 5) is 13.6. The molecule has 5 heteroatoms. The molecule has 0 bridgehead atoms. The quantitative estimate of drug-likeness (QED) is 0.734. The first-order valence-electron chi connectivity index (χ1n) is 9.31. The molecule has 27 heavy (non-hydrogen) atoms. The van der Waals surface area contributed by atoms with Gasteiger partial charge in [-0.25, -0.2) is 0 Å². The summed E-state index contributed by atoms with van der Waals surface area (Å²) in [5.41, 5.74) is 3.67. The van der Waals surface area contributed by atoms with Crippen LogP contribution in [-0.4, -0.2) is 37.6 Å². The molecular weight excluding hydrogens is 340 g/mol. The molecule has 0 spiro atoms. The number of carbonyl (C=O) groups excluding carboxylic acids is 1. The van der Waals surface area contributed by atoms with Gasteiger partial charge in [0.15, 0.2) is 17.6 Å². The van der Waals surface area contributed by atoms with Gasteiger partial charge in [0.25, 0.3) is 5.91 Å². The number of carbonyl (C=O) groups is 1. The molecule has 0 radical (unpaired) electrons. The molecule has 0 aromatic heterocycles. The molecule has 0 aliphatic rings. The van der Waals surface area contributed by atoms with E-state index in [9.17, 15) is 4.79 Å². The third kappa shape index (κ3) is 6.00. The highest BCUT2D eigenvalue weighted by Gasteiger charge is 2.18. The Balaban J connectivity index is 2.03. The average molecular weight is 370 g/mol. The Labute approximate surface area is 162 Å². The first-order valence-corrected chi connectivity index (χ1v) is 9.31. The predicted octanol–water partition coefficient (Wildman–Crippen LogP) is 3.54. The molecule has 5 nitrogen and oxygen atoms in total. The lowest BCUT2D eigenvalue weighted by Crippen LogP contribution is -2.35. The van der Waals surface area contributed by atoms with Crippen molar-refractivity contribution in [3.05, 3.63) is 59.2 Å². The smallest absolute Gasteiger partial charge is 0.262 e. The van der Waals surface area contributed by atoms with Gasteiger partial charge in [0.05, 0.1) is 6.61 Å². The van der Waals surface area contributed by atoms with Crippen molar-refractivity contribution in [1.82, 2.24) is 10.2 Å². The van der Waals surface area contributed by atoms with Gasteiger partial charge in [-0.1, -0.05) is 30.3 Å². The SMILES string of the molecule is CCOc1cc(CNCc2ccccc2C)ccc1OC(C)C(=O)N(C)C. The minimum Gasteiger partial charge on any atom is -0.490 e. The lowest BCUT2D eigenvalue weighted by molar-refractivity contribution is -0.135. The standard InChI is InChI=1S/C22H30N2O3/c1-6-26-21-13-18(14-23-15-19-10-8-7-9-16(19)2)11-12-20(21)27-17(3)22(25)24(4)5/h7-13,17,23H,6,14-15H2,1-5H3. The van der Waals surface area contributed by atoms with E-state index in [1.165, 1.54) is 16.0 Å². The summed E-state index contributed by atoms with van der Waals surface area (Å²) < 4.78 is 11.6. The molecule has 2 aromatic rings. The van der Waals surface area contributed by atoms with Gasteiger partial charge in [-0.15, -0.1) is 0 Å². The zero-order valence-corrected chi connectivity index (χ0v) is 16.9. The highest BCUT2D eigenvalue weighted by molar-refractivity contribution is 5.80. The summed E-state index contributed by atoms with van der Waals surface area (Å²) in [6, 6.07) is 14.2. The van der Waals surface area contributed by atoms with E-state index in [1.54, 1.807) is 21.0 Å². The van der Waals surface area contributed by atoms with Gasteiger partial charge in [-0.05, 0) is 49.6 Å². The lowest BCUT2D eigenvalue weighted by atomic mass is 10.1. The molecule has 0 saturated carbocycles. The van der Waals surface area contributed by atoms with Crippen LogP contribution < -0.4 is 14.8 Å². The molecule has 1 amide bonds. The van der Waals surface area contributed by atoms with E-state index < -0.39 is 6.10 Å². The molecule has 0 heterocycles. The molecule has 1 atom stereocenters. The summed E-state index contributed by atoms with van der Waals surface area (Å²) in [5.74, 6) is 1.16. The second-order valence-electron chi connectivity index (χ2n) is 6.74. The minimum absolute atomic E-state index is 0.0820. The summed E-state index contributed by atoms with van der Waals surface area (Å²) >= 11 is 0. The van der Waals surface area contributed by atoms with Gasteiger partial charge in [0, 0.05) is 27.2 Å². The number of likely N-dealkylation sites (N-methyl/N-ethyl adjacent to an activating group) is 1. The van der Waals surface area contributed by atoms with E-state index in [0.717, 1.165) is 18.7 Å². The van der Waals surface area contributed by atoms with Gasteiger partial charge in [-0.2, -0.15) is 0 Å². The molecule has 2 aromatic carbocycles. The van der Waals surface area contributed by atoms with Crippen LogP contribution in [0.2, 0.25) is 0 Å². The summed E-state index contributed by atoms with van der Waals surface area (Å²) in [5, 5.41) is 3.46. The topological polar surface area (TPSA) is 50.8 Å². The average Bonchev–Trinajstić information content (AvgIpc) is 2.64. The first kappa shape index (κ1) is 20.8. The van der Waals surface area contributed by atoms with Crippen LogP contribution in [0.3, 0.4) is 0 Å². The van der Waals surface area contributed by atoms with Crippen LogP contribution in [0.25, 0.3) is 0 Å². The fourth-order valence-corrected chi connectivity index (χ4v) is 2.78. The largest absolute Gasteiger partial charge is 0.490 e. The first-order chi connectivity index (χ1) is 12.9. The molecule has 0 aliphatic heterocycles. The number of amides is 1. The van der Waals surface area contributed by atoms with Crippen LogP contribution in [0.4, 0.5) is 0 Å². The molecule has 1 unspecified atom stereocenters. The van der Waals surface area contributed by atoms with Crippen molar-refractivity contribution in [3.8, 4) is 11.5 Å². The molecule has 0 saturated heterocycles. The van der Waals surface area contributed by atoms with Crippen LogP contribution >= 0.6 is 0 Å². The zero-order chi connectivity index (χ0) is 19.8. The van der Waals surface area contributed by atoms with E-state index in [-0.39, 0.29) is 5.91 Å².